The Morgan fingerprint density at radius 2 is 1.87 bits per heavy atom. The van der Waals surface area contributed by atoms with Crippen LogP contribution < -0.4 is 14.8 Å². The van der Waals surface area contributed by atoms with Crippen molar-refractivity contribution in [2.45, 2.75) is 13.5 Å². The molecule has 0 bridgehead atoms. The van der Waals surface area contributed by atoms with Crippen LogP contribution in [-0.4, -0.2) is 50.2 Å². The Kier molecular flexibility index (Phi) is 7.09. The predicted molar refractivity (Wildman–Crippen MR) is 138 cm³/mol. The molecule has 0 spiro atoms. The zero-order chi connectivity index (χ0) is 26.6. The second-order valence-corrected chi connectivity index (χ2v) is 8.39. The van der Waals surface area contributed by atoms with Crippen LogP contribution in [0.15, 0.2) is 61.1 Å². The minimum absolute atomic E-state index is 0.0000845. The van der Waals surface area contributed by atoms with E-state index in [1.807, 2.05) is 37.3 Å². The first-order valence-corrected chi connectivity index (χ1v) is 11.7. The van der Waals surface area contributed by atoms with Crippen molar-refractivity contribution in [2.75, 3.05) is 25.6 Å². The first kappa shape index (κ1) is 25.0. The maximum atomic E-state index is 14.9. The molecule has 0 unspecified atom stereocenters. The van der Waals surface area contributed by atoms with Crippen molar-refractivity contribution in [2.24, 2.45) is 0 Å². The number of hydrogen-bond acceptors (Lipinski definition) is 8. The lowest BCUT2D eigenvalue weighted by molar-refractivity contribution is 0.200. The van der Waals surface area contributed by atoms with Crippen LogP contribution in [0.25, 0.3) is 22.4 Å². The van der Waals surface area contributed by atoms with Gasteiger partial charge in [-0.15, -0.1) is 0 Å². The van der Waals surface area contributed by atoms with E-state index in [2.05, 4.69) is 25.4 Å². The van der Waals surface area contributed by atoms with E-state index in [-0.39, 0.29) is 31.1 Å². The van der Waals surface area contributed by atoms with Gasteiger partial charge in [0, 0.05) is 41.2 Å². The van der Waals surface area contributed by atoms with Gasteiger partial charge >= 0.3 is 0 Å². The third-order valence-electron chi connectivity index (χ3n) is 5.90. The Hall–Kier alpha value is -4.64. The molecule has 0 radical (unpaired) electrons. The molecule has 5 rings (SSSR count). The monoisotopic (exact) mass is 518 g/mol. The minimum atomic E-state index is -0.779. The zero-order valence-electron chi connectivity index (χ0n) is 20.7. The highest BCUT2D eigenvalue weighted by Crippen LogP contribution is 2.32. The van der Waals surface area contributed by atoms with E-state index < -0.39 is 11.6 Å². The van der Waals surface area contributed by atoms with Crippen molar-refractivity contribution in [3.8, 4) is 23.0 Å². The van der Waals surface area contributed by atoms with Crippen molar-refractivity contribution in [3.63, 3.8) is 0 Å². The number of methoxy groups -OCH3 is 1. The van der Waals surface area contributed by atoms with Crippen LogP contribution in [-0.2, 0) is 6.54 Å². The highest BCUT2D eigenvalue weighted by Gasteiger charge is 2.20. The van der Waals surface area contributed by atoms with E-state index in [4.69, 9.17) is 14.6 Å². The summed E-state index contributed by atoms with van der Waals surface area (Å²) in [6.07, 6.45) is 4.94. The van der Waals surface area contributed by atoms with Crippen molar-refractivity contribution in [1.82, 2.24) is 24.7 Å². The Bertz CT molecular complexity index is 1580. The second-order valence-electron chi connectivity index (χ2n) is 8.39. The predicted octanol–water partition coefficient (Wildman–Crippen LogP) is 4.65. The molecule has 0 saturated carbocycles. The third-order valence-corrected chi connectivity index (χ3v) is 5.90. The summed E-state index contributed by atoms with van der Waals surface area (Å²) in [7, 11) is 1.52. The number of nitrogens with zero attached hydrogens (tertiary/aromatic N) is 5. The number of aliphatic hydroxyl groups excluding tert-OH is 1. The van der Waals surface area contributed by atoms with Crippen LogP contribution >= 0.6 is 0 Å². The van der Waals surface area contributed by atoms with Gasteiger partial charge in [0.05, 0.1) is 32.0 Å². The molecule has 38 heavy (non-hydrogen) atoms. The fourth-order valence-electron chi connectivity index (χ4n) is 4.01. The highest BCUT2D eigenvalue weighted by molar-refractivity contribution is 5.92. The highest BCUT2D eigenvalue weighted by atomic mass is 19.1. The Balaban J connectivity index is 1.54. The number of benzene rings is 2. The third kappa shape index (κ3) is 4.96. The molecule has 0 fully saturated rings. The van der Waals surface area contributed by atoms with E-state index in [9.17, 15) is 8.78 Å². The first-order chi connectivity index (χ1) is 18.5. The number of rotatable bonds is 9. The first-order valence-electron chi connectivity index (χ1n) is 11.7. The summed E-state index contributed by atoms with van der Waals surface area (Å²) in [6.45, 7) is 1.42. The standard InChI is InChI=1S/C27H24F2N6O3/c1-16-13-30-8-7-22(16)32-26-24(37-2)14-31-27(33-26)25-18-5-3-4-6-23(18)35(34-25)15-19-20(28)11-17(12-21(19)29)38-10-9-36/h3-8,11-14,36H,9-10,15H2,1-2H3,(H,30,31,32,33). The molecule has 2 aromatic carbocycles. The summed E-state index contributed by atoms with van der Waals surface area (Å²) in [5, 5.41) is 17.5. The number of para-hydroxylation sites is 1. The number of nitrogens with one attached hydrogen (secondary N) is 1. The molecule has 0 aliphatic rings. The van der Waals surface area contributed by atoms with E-state index in [0.29, 0.717) is 34.0 Å². The van der Waals surface area contributed by atoms with Gasteiger partial charge in [-0.05, 0) is 24.6 Å². The van der Waals surface area contributed by atoms with Gasteiger partial charge < -0.3 is 19.9 Å². The smallest absolute Gasteiger partial charge is 0.183 e. The van der Waals surface area contributed by atoms with Gasteiger partial charge in [-0.25, -0.2) is 18.7 Å². The molecular formula is C27H24F2N6O3. The Morgan fingerprint density at radius 3 is 2.61 bits per heavy atom. The lowest BCUT2D eigenvalue weighted by Gasteiger charge is -2.12. The molecule has 194 valence electrons. The summed E-state index contributed by atoms with van der Waals surface area (Å²) in [5.41, 5.74) is 2.64. The quantitative estimate of drug-likeness (QED) is 0.291. The van der Waals surface area contributed by atoms with Gasteiger partial charge in [0.2, 0.25) is 0 Å². The molecule has 2 N–H and O–H groups in total. The summed E-state index contributed by atoms with van der Waals surface area (Å²) in [5.74, 6) is -0.385. The number of pyridine rings is 1. The molecular weight excluding hydrogens is 494 g/mol. The van der Waals surface area contributed by atoms with E-state index in [1.54, 1.807) is 18.6 Å². The number of ether oxygens (including phenoxy) is 2. The number of hydrogen-bond donors (Lipinski definition) is 2. The molecule has 3 heterocycles. The average molecular weight is 519 g/mol. The van der Waals surface area contributed by atoms with Crippen LogP contribution in [0.5, 0.6) is 11.5 Å². The largest absolute Gasteiger partial charge is 0.491 e. The van der Waals surface area contributed by atoms with Crippen LogP contribution in [0.2, 0.25) is 0 Å². The molecule has 9 nitrogen and oxygen atoms in total. The lowest BCUT2D eigenvalue weighted by Crippen LogP contribution is -2.08. The maximum absolute atomic E-state index is 14.9. The van der Waals surface area contributed by atoms with Crippen molar-refractivity contribution >= 4 is 22.4 Å². The van der Waals surface area contributed by atoms with Crippen molar-refractivity contribution in [1.29, 1.82) is 0 Å². The van der Waals surface area contributed by atoms with Crippen molar-refractivity contribution < 1.29 is 23.4 Å². The number of aliphatic hydroxyl groups is 1. The summed E-state index contributed by atoms with van der Waals surface area (Å²) in [6, 6.07) is 11.3. The summed E-state index contributed by atoms with van der Waals surface area (Å²) in [4.78, 5) is 13.2. The lowest BCUT2D eigenvalue weighted by atomic mass is 10.1. The molecule has 3 aromatic heterocycles. The van der Waals surface area contributed by atoms with Crippen LogP contribution in [0.3, 0.4) is 0 Å². The number of aromatic nitrogens is 5. The van der Waals surface area contributed by atoms with E-state index in [1.165, 1.54) is 11.8 Å². The average Bonchev–Trinajstić information content (AvgIpc) is 3.29. The number of fused-ring (bicyclic) bond motifs is 1. The molecule has 5 aromatic rings. The van der Waals surface area contributed by atoms with E-state index >= 15 is 0 Å². The normalized spacial score (nSPS) is 11.1. The van der Waals surface area contributed by atoms with Gasteiger partial charge in [-0.2, -0.15) is 5.10 Å². The fraction of sp³-hybridized carbons (Fsp3) is 0.185. The molecule has 0 aliphatic carbocycles. The van der Waals surface area contributed by atoms with Gasteiger partial charge in [-0.1, -0.05) is 18.2 Å². The molecule has 0 aliphatic heterocycles. The number of anilines is 2. The maximum Gasteiger partial charge on any atom is 0.183 e. The van der Waals surface area contributed by atoms with Crippen molar-refractivity contribution in [3.05, 3.63) is 83.8 Å². The van der Waals surface area contributed by atoms with E-state index in [0.717, 1.165) is 23.4 Å². The SMILES string of the molecule is COc1cnc(-c2nn(Cc3c(F)cc(OCCO)cc3F)c3ccccc23)nc1Nc1ccncc1C. The Labute approximate surface area is 216 Å². The zero-order valence-corrected chi connectivity index (χ0v) is 20.7. The topological polar surface area (TPSA) is 107 Å². The number of halogens is 2. The molecule has 0 amide bonds. The second kappa shape index (κ2) is 10.8. The fourth-order valence-corrected chi connectivity index (χ4v) is 4.01. The minimum Gasteiger partial charge on any atom is -0.491 e. The van der Waals surface area contributed by atoms with Gasteiger partial charge in [0.25, 0.3) is 0 Å². The summed E-state index contributed by atoms with van der Waals surface area (Å²) < 4.78 is 41.8. The molecule has 0 atom stereocenters. The van der Waals surface area contributed by atoms with Gasteiger partial charge in [0.1, 0.15) is 29.7 Å². The molecule has 11 heteroatoms. The van der Waals surface area contributed by atoms with Gasteiger partial charge in [-0.3, -0.25) is 9.67 Å². The summed E-state index contributed by atoms with van der Waals surface area (Å²) >= 11 is 0. The molecule has 0 saturated heterocycles. The Morgan fingerprint density at radius 1 is 1.08 bits per heavy atom. The van der Waals surface area contributed by atoms with Gasteiger partial charge in [0.15, 0.2) is 17.4 Å². The van der Waals surface area contributed by atoms with Crippen LogP contribution in [0, 0.1) is 18.6 Å². The number of aryl methyl sites for hydroxylation is 1. The van der Waals surface area contributed by atoms with Crippen LogP contribution in [0.1, 0.15) is 11.1 Å². The van der Waals surface area contributed by atoms with Crippen LogP contribution in [0.4, 0.5) is 20.3 Å².